The maximum absolute atomic E-state index is 12.5. The van der Waals surface area contributed by atoms with E-state index in [-0.39, 0.29) is 18.6 Å². The van der Waals surface area contributed by atoms with Gasteiger partial charge in [-0.25, -0.2) is 0 Å². The van der Waals surface area contributed by atoms with Crippen LogP contribution in [0.4, 0.5) is 5.69 Å². The summed E-state index contributed by atoms with van der Waals surface area (Å²) >= 11 is 0. The van der Waals surface area contributed by atoms with Crippen molar-refractivity contribution < 1.29 is 18.8 Å². The van der Waals surface area contributed by atoms with E-state index in [0.29, 0.717) is 36.2 Å². The third-order valence-corrected chi connectivity index (χ3v) is 4.50. The fourth-order valence-corrected chi connectivity index (χ4v) is 3.19. The highest BCUT2D eigenvalue weighted by atomic mass is 16.7. The molecule has 5 rings (SSSR count). The third-order valence-electron chi connectivity index (χ3n) is 4.50. The summed E-state index contributed by atoms with van der Waals surface area (Å²) in [5.41, 5.74) is 1.55. The molecule has 1 saturated heterocycles. The van der Waals surface area contributed by atoms with Crippen LogP contribution < -0.4 is 14.4 Å². The molecule has 0 aliphatic carbocycles. The first-order valence-corrected chi connectivity index (χ1v) is 8.22. The second-order valence-corrected chi connectivity index (χ2v) is 6.14. The Morgan fingerprint density at radius 1 is 1.15 bits per heavy atom. The highest BCUT2D eigenvalue weighted by molar-refractivity contribution is 5.96. The standard InChI is InChI=1S/C18H14N4O4/c23-16-6-12(18-20-17(21-26-18)11-2-1-5-19-8-11)9-22(16)13-3-4-14-15(7-13)25-10-24-14/h1-5,7-8,12H,6,9-10H2/t12-/m0/s1. The Balaban J connectivity index is 1.38. The molecule has 3 aromatic rings. The molecule has 0 spiro atoms. The summed E-state index contributed by atoms with van der Waals surface area (Å²) in [7, 11) is 0. The van der Waals surface area contributed by atoms with Crippen LogP contribution in [0.15, 0.2) is 47.2 Å². The lowest BCUT2D eigenvalue weighted by atomic mass is 10.1. The van der Waals surface area contributed by atoms with Crippen LogP contribution in [0.1, 0.15) is 18.2 Å². The van der Waals surface area contributed by atoms with Crippen molar-refractivity contribution in [2.75, 3.05) is 18.2 Å². The molecule has 2 aliphatic rings. The predicted molar refractivity (Wildman–Crippen MR) is 89.8 cm³/mol. The summed E-state index contributed by atoms with van der Waals surface area (Å²) in [4.78, 5) is 22.7. The predicted octanol–water partition coefficient (Wildman–Crippen LogP) is 2.38. The zero-order chi connectivity index (χ0) is 17.5. The van der Waals surface area contributed by atoms with Gasteiger partial charge in [0.1, 0.15) is 0 Å². The van der Waals surface area contributed by atoms with Crippen LogP contribution in [0.25, 0.3) is 11.4 Å². The molecule has 8 nitrogen and oxygen atoms in total. The largest absolute Gasteiger partial charge is 0.454 e. The number of hydrogen-bond acceptors (Lipinski definition) is 7. The average molecular weight is 350 g/mol. The second-order valence-electron chi connectivity index (χ2n) is 6.14. The van der Waals surface area contributed by atoms with Gasteiger partial charge < -0.3 is 18.9 Å². The number of carbonyl (C=O) groups excluding carboxylic acids is 1. The number of ether oxygens (including phenoxy) is 2. The lowest BCUT2D eigenvalue weighted by molar-refractivity contribution is -0.117. The number of fused-ring (bicyclic) bond motifs is 1. The number of amides is 1. The van der Waals surface area contributed by atoms with Crippen LogP contribution in [0.5, 0.6) is 11.5 Å². The van der Waals surface area contributed by atoms with Crippen LogP contribution in [-0.2, 0) is 4.79 Å². The van der Waals surface area contributed by atoms with Crippen molar-refractivity contribution in [1.82, 2.24) is 15.1 Å². The first-order valence-electron chi connectivity index (χ1n) is 8.22. The van der Waals surface area contributed by atoms with Crippen molar-refractivity contribution in [1.29, 1.82) is 0 Å². The molecular formula is C18H14N4O4. The van der Waals surface area contributed by atoms with Gasteiger partial charge in [-0.1, -0.05) is 5.16 Å². The second kappa shape index (κ2) is 5.83. The Hall–Kier alpha value is -3.42. The molecule has 0 unspecified atom stereocenters. The lowest BCUT2D eigenvalue weighted by Crippen LogP contribution is -2.24. The van der Waals surface area contributed by atoms with Gasteiger partial charge in [-0.15, -0.1) is 0 Å². The average Bonchev–Trinajstić information content (AvgIpc) is 3.41. The maximum Gasteiger partial charge on any atom is 0.232 e. The van der Waals surface area contributed by atoms with Gasteiger partial charge in [0.2, 0.25) is 24.4 Å². The van der Waals surface area contributed by atoms with Gasteiger partial charge in [0.05, 0.1) is 5.92 Å². The molecule has 1 aromatic carbocycles. The molecular weight excluding hydrogens is 336 g/mol. The zero-order valence-electron chi connectivity index (χ0n) is 13.7. The summed E-state index contributed by atoms with van der Waals surface area (Å²) < 4.78 is 16.1. The first kappa shape index (κ1) is 14.9. The molecule has 130 valence electrons. The monoisotopic (exact) mass is 350 g/mol. The smallest absolute Gasteiger partial charge is 0.232 e. The Morgan fingerprint density at radius 2 is 2.08 bits per heavy atom. The molecule has 0 saturated carbocycles. The normalized spacial score (nSPS) is 18.5. The number of rotatable bonds is 3. The van der Waals surface area contributed by atoms with Crippen LogP contribution in [-0.4, -0.2) is 34.4 Å². The number of hydrogen-bond donors (Lipinski definition) is 0. The van der Waals surface area contributed by atoms with E-state index < -0.39 is 0 Å². The van der Waals surface area contributed by atoms with E-state index in [1.165, 1.54) is 0 Å². The van der Waals surface area contributed by atoms with E-state index in [2.05, 4.69) is 15.1 Å². The third kappa shape index (κ3) is 2.46. The van der Waals surface area contributed by atoms with Gasteiger partial charge in [0, 0.05) is 42.7 Å². The van der Waals surface area contributed by atoms with Crippen molar-refractivity contribution >= 4 is 11.6 Å². The number of aromatic nitrogens is 3. The summed E-state index contributed by atoms with van der Waals surface area (Å²) in [5, 5.41) is 4.01. The molecule has 4 heterocycles. The van der Waals surface area contributed by atoms with Crippen molar-refractivity contribution in [2.24, 2.45) is 0 Å². The maximum atomic E-state index is 12.5. The van der Waals surface area contributed by atoms with E-state index in [1.807, 2.05) is 30.3 Å². The summed E-state index contributed by atoms with van der Waals surface area (Å²) in [6.07, 6.45) is 3.68. The number of anilines is 1. The summed E-state index contributed by atoms with van der Waals surface area (Å²) in [5.74, 6) is 2.13. The molecule has 8 heteroatoms. The summed E-state index contributed by atoms with van der Waals surface area (Å²) in [6, 6.07) is 9.15. The molecule has 26 heavy (non-hydrogen) atoms. The zero-order valence-corrected chi connectivity index (χ0v) is 13.7. The fourth-order valence-electron chi connectivity index (χ4n) is 3.19. The van der Waals surface area contributed by atoms with Gasteiger partial charge in [0.25, 0.3) is 0 Å². The van der Waals surface area contributed by atoms with Gasteiger partial charge in [-0.3, -0.25) is 9.78 Å². The molecule has 2 aromatic heterocycles. The quantitative estimate of drug-likeness (QED) is 0.716. The highest BCUT2D eigenvalue weighted by Gasteiger charge is 2.35. The van der Waals surface area contributed by atoms with Crippen molar-refractivity contribution in [3.8, 4) is 22.9 Å². The Bertz CT molecular complexity index is 972. The topological polar surface area (TPSA) is 90.6 Å². The molecule has 0 radical (unpaired) electrons. The first-order chi connectivity index (χ1) is 12.8. The van der Waals surface area contributed by atoms with E-state index in [0.717, 1.165) is 11.3 Å². The number of benzene rings is 1. The Labute approximate surface area is 148 Å². The van der Waals surface area contributed by atoms with Crippen molar-refractivity contribution in [2.45, 2.75) is 12.3 Å². The van der Waals surface area contributed by atoms with Crippen LogP contribution in [0, 0.1) is 0 Å². The molecule has 1 atom stereocenters. The van der Waals surface area contributed by atoms with E-state index in [4.69, 9.17) is 14.0 Å². The molecule has 1 amide bonds. The van der Waals surface area contributed by atoms with Gasteiger partial charge in [0.15, 0.2) is 11.5 Å². The number of nitrogens with zero attached hydrogens (tertiary/aromatic N) is 4. The molecule has 0 N–H and O–H groups in total. The minimum atomic E-state index is -0.147. The summed E-state index contributed by atoms with van der Waals surface area (Å²) in [6.45, 7) is 0.682. The highest BCUT2D eigenvalue weighted by Crippen LogP contribution is 2.38. The van der Waals surface area contributed by atoms with Crippen LogP contribution in [0.3, 0.4) is 0 Å². The molecule has 2 aliphatic heterocycles. The van der Waals surface area contributed by atoms with E-state index in [1.54, 1.807) is 17.3 Å². The van der Waals surface area contributed by atoms with E-state index in [9.17, 15) is 4.79 Å². The number of pyridine rings is 1. The SMILES string of the molecule is O=C1C[C@H](c2nc(-c3cccnc3)no2)CN1c1ccc2c(c1)OCO2. The van der Waals surface area contributed by atoms with Crippen LogP contribution in [0.2, 0.25) is 0 Å². The Kier molecular flexibility index (Phi) is 3.34. The minimum absolute atomic E-state index is 0.00925. The number of carbonyl (C=O) groups is 1. The lowest BCUT2D eigenvalue weighted by Gasteiger charge is -2.16. The van der Waals surface area contributed by atoms with Gasteiger partial charge in [-0.2, -0.15) is 4.98 Å². The van der Waals surface area contributed by atoms with Crippen LogP contribution >= 0.6 is 0 Å². The van der Waals surface area contributed by atoms with Crippen molar-refractivity contribution in [3.05, 3.63) is 48.6 Å². The van der Waals surface area contributed by atoms with Gasteiger partial charge in [-0.05, 0) is 24.3 Å². The van der Waals surface area contributed by atoms with E-state index >= 15 is 0 Å². The Morgan fingerprint density at radius 3 is 2.96 bits per heavy atom. The molecule has 1 fully saturated rings. The minimum Gasteiger partial charge on any atom is -0.454 e. The molecule has 0 bridgehead atoms. The van der Waals surface area contributed by atoms with Crippen molar-refractivity contribution in [3.63, 3.8) is 0 Å². The fraction of sp³-hybridized carbons (Fsp3) is 0.222. The van der Waals surface area contributed by atoms with Gasteiger partial charge >= 0.3 is 0 Å².